The highest BCUT2D eigenvalue weighted by molar-refractivity contribution is 5.56. The van der Waals surface area contributed by atoms with Crippen molar-refractivity contribution in [3.63, 3.8) is 0 Å². The number of anilines is 1. The van der Waals surface area contributed by atoms with Gasteiger partial charge in [-0.05, 0) is 38.1 Å². The second-order valence-corrected chi connectivity index (χ2v) is 4.72. The number of hydrazone groups is 1. The highest BCUT2D eigenvalue weighted by atomic mass is 16.0. The summed E-state index contributed by atoms with van der Waals surface area (Å²) in [5.74, 6) is 0. The molecular weight excluding hydrogens is 268 g/mol. The number of hydrogen-bond donors (Lipinski definition) is 0. The van der Waals surface area contributed by atoms with E-state index in [2.05, 4.69) is 46.2 Å². The SMILES string of the molecule is CCN(CC)c1ccc(N=NC2N(C)C=NN2C)cc1.O. The summed E-state index contributed by atoms with van der Waals surface area (Å²) in [7, 11) is 3.81. The van der Waals surface area contributed by atoms with Crippen LogP contribution in [0.15, 0.2) is 39.6 Å². The fourth-order valence-electron chi connectivity index (χ4n) is 2.14. The van der Waals surface area contributed by atoms with Crippen molar-refractivity contribution in [2.24, 2.45) is 15.3 Å². The molecule has 0 amide bonds. The van der Waals surface area contributed by atoms with Gasteiger partial charge in [-0.25, -0.2) is 0 Å². The summed E-state index contributed by atoms with van der Waals surface area (Å²) >= 11 is 0. The van der Waals surface area contributed by atoms with Crippen molar-refractivity contribution >= 4 is 17.7 Å². The van der Waals surface area contributed by atoms with Gasteiger partial charge in [0.15, 0.2) is 0 Å². The van der Waals surface area contributed by atoms with Gasteiger partial charge in [0.2, 0.25) is 6.29 Å². The van der Waals surface area contributed by atoms with Crippen LogP contribution in [0.4, 0.5) is 11.4 Å². The van der Waals surface area contributed by atoms with Crippen LogP contribution >= 0.6 is 0 Å². The van der Waals surface area contributed by atoms with Crippen LogP contribution in [0.2, 0.25) is 0 Å². The van der Waals surface area contributed by atoms with E-state index in [0.717, 1.165) is 18.8 Å². The van der Waals surface area contributed by atoms with Crippen LogP contribution in [-0.4, -0.2) is 55.2 Å². The van der Waals surface area contributed by atoms with Crippen LogP contribution in [0.25, 0.3) is 0 Å². The first-order chi connectivity index (χ1) is 9.65. The van der Waals surface area contributed by atoms with Crippen molar-refractivity contribution in [1.82, 2.24) is 9.91 Å². The van der Waals surface area contributed by atoms with E-state index >= 15 is 0 Å². The second kappa shape index (κ2) is 7.58. The Morgan fingerprint density at radius 3 is 2.24 bits per heavy atom. The van der Waals surface area contributed by atoms with Crippen molar-refractivity contribution in [2.75, 3.05) is 32.1 Å². The van der Waals surface area contributed by atoms with E-state index in [4.69, 9.17) is 0 Å². The maximum atomic E-state index is 4.31. The first-order valence-corrected chi connectivity index (χ1v) is 6.90. The Labute approximate surface area is 125 Å². The quantitative estimate of drug-likeness (QED) is 0.777. The Hall–Kier alpha value is -2.15. The minimum absolute atomic E-state index is 0. The molecule has 2 rings (SSSR count). The molecule has 0 spiro atoms. The van der Waals surface area contributed by atoms with Crippen LogP contribution < -0.4 is 4.90 Å². The fourth-order valence-corrected chi connectivity index (χ4v) is 2.14. The lowest BCUT2D eigenvalue weighted by Gasteiger charge is -2.21. The lowest BCUT2D eigenvalue weighted by atomic mass is 10.2. The Bertz CT molecular complexity index is 471. The topological polar surface area (TPSA) is 78.3 Å². The molecule has 1 aromatic rings. The number of rotatable bonds is 5. The molecule has 0 bridgehead atoms. The van der Waals surface area contributed by atoms with Crippen molar-refractivity contribution in [3.05, 3.63) is 24.3 Å². The molecule has 7 heteroatoms. The Balaban J connectivity index is 0.00000220. The Morgan fingerprint density at radius 1 is 1.14 bits per heavy atom. The first-order valence-electron chi connectivity index (χ1n) is 6.90. The maximum absolute atomic E-state index is 4.31. The highest BCUT2D eigenvalue weighted by Gasteiger charge is 2.20. The molecule has 1 aliphatic rings. The van der Waals surface area contributed by atoms with E-state index in [-0.39, 0.29) is 11.8 Å². The molecule has 0 saturated heterocycles. The van der Waals surface area contributed by atoms with Gasteiger partial charge in [-0.3, -0.25) is 5.01 Å². The summed E-state index contributed by atoms with van der Waals surface area (Å²) in [5, 5.41) is 14.5. The predicted octanol–water partition coefficient (Wildman–Crippen LogP) is 1.90. The van der Waals surface area contributed by atoms with Crippen molar-refractivity contribution < 1.29 is 5.48 Å². The molecule has 116 valence electrons. The Kier molecular flexibility index (Phi) is 6.10. The molecule has 1 aliphatic heterocycles. The maximum Gasteiger partial charge on any atom is 0.233 e. The number of benzene rings is 1. The van der Waals surface area contributed by atoms with Gasteiger partial charge in [0, 0.05) is 32.9 Å². The third-order valence-corrected chi connectivity index (χ3v) is 3.37. The van der Waals surface area contributed by atoms with Gasteiger partial charge in [-0.2, -0.15) is 10.2 Å². The molecule has 1 atom stereocenters. The van der Waals surface area contributed by atoms with Gasteiger partial charge >= 0.3 is 0 Å². The lowest BCUT2D eigenvalue weighted by molar-refractivity contribution is 0.183. The Morgan fingerprint density at radius 2 is 1.76 bits per heavy atom. The van der Waals surface area contributed by atoms with Gasteiger partial charge < -0.3 is 15.3 Å². The summed E-state index contributed by atoms with van der Waals surface area (Å²) in [5.41, 5.74) is 2.07. The zero-order chi connectivity index (χ0) is 14.5. The molecule has 1 unspecified atom stereocenters. The smallest absolute Gasteiger partial charge is 0.233 e. The highest BCUT2D eigenvalue weighted by Crippen LogP contribution is 2.21. The summed E-state index contributed by atoms with van der Waals surface area (Å²) in [6.45, 7) is 6.32. The fraction of sp³-hybridized carbons (Fsp3) is 0.500. The molecule has 1 aromatic carbocycles. The molecule has 0 fully saturated rings. The summed E-state index contributed by atoms with van der Waals surface area (Å²) in [6, 6.07) is 8.15. The summed E-state index contributed by atoms with van der Waals surface area (Å²) in [4.78, 5) is 4.21. The molecule has 7 nitrogen and oxygen atoms in total. The van der Waals surface area contributed by atoms with Crippen molar-refractivity contribution in [2.45, 2.75) is 20.1 Å². The summed E-state index contributed by atoms with van der Waals surface area (Å²) < 4.78 is 0. The first kappa shape index (κ1) is 16.9. The van der Waals surface area contributed by atoms with E-state index in [1.165, 1.54) is 5.69 Å². The van der Waals surface area contributed by atoms with E-state index in [1.54, 1.807) is 11.3 Å². The molecule has 0 radical (unpaired) electrons. The zero-order valence-electron chi connectivity index (χ0n) is 13.1. The molecular formula is C14H24N6O. The van der Waals surface area contributed by atoms with E-state index in [1.807, 2.05) is 31.1 Å². The molecule has 0 saturated carbocycles. The predicted molar refractivity (Wildman–Crippen MR) is 85.9 cm³/mol. The zero-order valence-corrected chi connectivity index (χ0v) is 13.1. The van der Waals surface area contributed by atoms with Gasteiger partial charge in [0.05, 0.1) is 5.69 Å². The van der Waals surface area contributed by atoms with Crippen LogP contribution in [0.3, 0.4) is 0 Å². The van der Waals surface area contributed by atoms with Crippen molar-refractivity contribution in [3.8, 4) is 0 Å². The minimum Gasteiger partial charge on any atom is -0.412 e. The molecule has 0 aromatic heterocycles. The van der Waals surface area contributed by atoms with E-state index in [9.17, 15) is 0 Å². The van der Waals surface area contributed by atoms with E-state index < -0.39 is 0 Å². The summed E-state index contributed by atoms with van der Waals surface area (Å²) in [6.07, 6.45) is 1.59. The molecule has 21 heavy (non-hydrogen) atoms. The number of nitrogens with zero attached hydrogens (tertiary/aromatic N) is 6. The normalized spacial score (nSPS) is 17.4. The van der Waals surface area contributed by atoms with Gasteiger partial charge in [-0.1, -0.05) is 0 Å². The minimum atomic E-state index is -0.155. The van der Waals surface area contributed by atoms with Crippen molar-refractivity contribution in [1.29, 1.82) is 0 Å². The van der Waals surface area contributed by atoms with Gasteiger partial charge in [0.1, 0.15) is 6.34 Å². The van der Waals surface area contributed by atoms with Crippen LogP contribution in [-0.2, 0) is 0 Å². The lowest BCUT2D eigenvalue weighted by Crippen LogP contribution is -2.32. The molecule has 1 heterocycles. The number of hydrogen-bond acceptors (Lipinski definition) is 6. The monoisotopic (exact) mass is 292 g/mol. The molecule has 2 N–H and O–H groups in total. The molecule has 0 aliphatic carbocycles. The van der Waals surface area contributed by atoms with Gasteiger partial charge in [-0.15, -0.1) is 5.11 Å². The number of azo groups is 1. The van der Waals surface area contributed by atoms with Gasteiger partial charge in [0.25, 0.3) is 0 Å². The van der Waals surface area contributed by atoms with Crippen LogP contribution in [0, 0.1) is 0 Å². The average Bonchev–Trinajstić information content (AvgIpc) is 2.78. The van der Waals surface area contributed by atoms with Crippen LogP contribution in [0.5, 0.6) is 0 Å². The standard InChI is InChI=1S/C14H22N6.H2O/c1-5-20(6-2)13-9-7-12(8-10-13)16-17-14-18(3)11-15-19(14)4;/h7-11,14H,5-6H2,1-4H3;1H2. The average molecular weight is 292 g/mol. The largest absolute Gasteiger partial charge is 0.412 e. The third kappa shape index (κ3) is 3.91. The van der Waals surface area contributed by atoms with E-state index in [0.29, 0.717) is 0 Å². The third-order valence-electron chi connectivity index (χ3n) is 3.37. The second-order valence-electron chi connectivity index (χ2n) is 4.72. The van der Waals surface area contributed by atoms with Crippen LogP contribution in [0.1, 0.15) is 13.8 Å².